The van der Waals surface area contributed by atoms with E-state index in [0.29, 0.717) is 47.9 Å². The molecule has 0 amide bonds. The summed E-state index contributed by atoms with van der Waals surface area (Å²) in [5, 5.41) is 0.673. The monoisotopic (exact) mass is 496 g/mol. The fourth-order valence-corrected chi connectivity index (χ4v) is 4.26. The molecule has 4 aromatic rings. The Bertz CT molecular complexity index is 1400. The third kappa shape index (κ3) is 5.13. The highest BCUT2D eigenvalue weighted by atomic mass is 35.5. The summed E-state index contributed by atoms with van der Waals surface area (Å²) in [5.41, 5.74) is 3.54. The Kier molecular flexibility index (Phi) is 6.17. The van der Waals surface area contributed by atoms with Crippen LogP contribution in [0.4, 0.5) is 13.2 Å². The number of benzene rings is 2. The molecule has 0 atom stereocenters. The highest BCUT2D eigenvalue weighted by molar-refractivity contribution is 6.30. The van der Waals surface area contributed by atoms with Crippen LogP contribution >= 0.6 is 11.6 Å². The number of aromatic amines is 1. The van der Waals surface area contributed by atoms with E-state index in [1.165, 1.54) is 12.1 Å². The Balaban J connectivity index is 1.29. The molecule has 0 spiro atoms. The number of nitrogens with zero attached hydrogens (tertiary/aromatic N) is 3. The molecule has 0 fully saturated rings. The fraction of sp³-hybridized carbons (Fsp3) is 0.192. The van der Waals surface area contributed by atoms with Crippen molar-refractivity contribution < 1.29 is 13.2 Å². The van der Waals surface area contributed by atoms with Crippen LogP contribution in [-0.4, -0.2) is 26.4 Å². The summed E-state index contributed by atoms with van der Waals surface area (Å²) in [6.45, 7) is 1.77. The van der Waals surface area contributed by atoms with E-state index in [9.17, 15) is 18.0 Å². The molecule has 0 saturated heterocycles. The molecule has 1 aliphatic rings. The molecular weight excluding hydrogens is 477 g/mol. The molecule has 0 aliphatic carbocycles. The maximum absolute atomic E-state index is 12.8. The summed E-state index contributed by atoms with van der Waals surface area (Å²) in [6, 6.07) is 16.1. The van der Waals surface area contributed by atoms with Gasteiger partial charge in [0.15, 0.2) is 0 Å². The summed E-state index contributed by atoms with van der Waals surface area (Å²) in [5.74, 6) is 0.276. The zero-order chi connectivity index (χ0) is 24.6. The summed E-state index contributed by atoms with van der Waals surface area (Å²) < 4.78 is 38.5. The van der Waals surface area contributed by atoms with Gasteiger partial charge < -0.3 is 4.98 Å². The lowest BCUT2D eigenvalue weighted by atomic mass is 10.0. The van der Waals surface area contributed by atoms with E-state index in [0.717, 1.165) is 29.0 Å². The Morgan fingerprint density at radius 1 is 0.971 bits per heavy atom. The van der Waals surface area contributed by atoms with Crippen LogP contribution in [0.2, 0.25) is 5.02 Å². The minimum absolute atomic E-state index is 0.272. The average Bonchev–Trinajstić information content (AvgIpc) is 2.85. The number of alkyl halides is 3. The van der Waals surface area contributed by atoms with Crippen molar-refractivity contribution in [1.29, 1.82) is 0 Å². The second kappa shape index (κ2) is 9.28. The lowest BCUT2D eigenvalue weighted by Crippen LogP contribution is -2.35. The highest BCUT2D eigenvalue weighted by Gasteiger charge is 2.30. The number of nitrogens with one attached hydrogen (secondary N) is 1. The molecule has 9 heteroatoms. The van der Waals surface area contributed by atoms with Gasteiger partial charge in [-0.2, -0.15) is 13.2 Å². The molecule has 0 unspecified atom stereocenters. The number of fused-ring (bicyclic) bond motifs is 1. The van der Waals surface area contributed by atoms with E-state index in [4.69, 9.17) is 11.6 Å². The molecular formula is C26H20ClF3N4O. The molecule has 178 valence electrons. The van der Waals surface area contributed by atoms with E-state index < -0.39 is 11.7 Å². The second-order valence-corrected chi connectivity index (χ2v) is 8.87. The highest BCUT2D eigenvalue weighted by Crippen LogP contribution is 2.30. The van der Waals surface area contributed by atoms with Gasteiger partial charge in [-0.25, -0.2) is 4.98 Å². The number of H-pyrrole nitrogens is 1. The summed E-state index contributed by atoms with van der Waals surface area (Å²) >= 11 is 5.95. The van der Waals surface area contributed by atoms with Crippen molar-refractivity contribution in [3.8, 4) is 22.6 Å². The molecule has 2 aromatic carbocycles. The fourth-order valence-electron chi connectivity index (χ4n) is 4.14. The number of rotatable bonds is 4. The summed E-state index contributed by atoms with van der Waals surface area (Å²) in [4.78, 5) is 26.8. The minimum Gasteiger partial charge on any atom is -0.306 e. The van der Waals surface area contributed by atoms with E-state index in [2.05, 4.69) is 19.9 Å². The van der Waals surface area contributed by atoms with E-state index in [1.54, 1.807) is 0 Å². The number of hydrogen-bond donors (Lipinski definition) is 1. The van der Waals surface area contributed by atoms with Crippen LogP contribution in [0, 0.1) is 0 Å². The van der Waals surface area contributed by atoms with Crippen molar-refractivity contribution in [2.45, 2.75) is 25.7 Å². The minimum atomic E-state index is -4.41. The SMILES string of the molecule is O=c1[nH]c(-c2ccc(C(F)(F)F)cc2)nc2c1CN(Cc1ccc(-c3ccc(Cl)cc3)nc1)CC2. The number of pyridine rings is 1. The first-order valence-corrected chi connectivity index (χ1v) is 11.4. The lowest BCUT2D eigenvalue weighted by Gasteiger charge is -2.27. The molecule has 0 bridgehead atoms. The van der Waals surface area contributed by atoms with Crippen LogP contribution in [0.3, 0.4) is 0 Å². The van der Waals surface area contributed by atoms with Gasteiger partial charge in [-0.1, -0.05) is 41.9 Å². The molecule has 0 radical (unpaired) electrons. The molecule has 5 rings (SSSR count). The largest absolute Gasteiger partial charge is 0.416 e. The van der Waals surface area contributed by atoms with Gasteiger partial charge in [0, 0.05) is 48.4 Å². The van der Waals surface area contributed by atoms with Crippen LogP contribution in [0.1, 0.15) is 22.4 Å². The van der Waals surface area contributed by atoms with Gasteiger partial charge in [0.25, 0.3) is 5.56 Å². The van der Waals surface area contributed by atoms with Gasteiger partial charge in [0.2, 0.25) is 0 Å². The van der Waals surface area contributed by atoms with E-state index in [-0.39, 0.29) is 11.4 Å². The quantitative estimate of drug-likeness (QED) is 0.392. The Labute approximate surface area is 204 Å². The zero-order valence-corrected chi connectivity index (χ0v) is 19.2. The Morgan fingerprint density at radius 3 is 2.34 bits per heavy atom. The zero-order valence-electron chi connectivity index (χ0n) is 18.4. The Morgan fingerprint density at radius 2 is 1.69 bits per heavy atom. The van der Waals surface area contributed by atoms with Crippen LogP contribution in [-0.2, 0) is 25.7 Å². The van der Waals surface area contributed by atoms with Crippen LogP contribution in [0.15, 0.2) is 71.7 Å². The predicted octanol–water partition coefficient (Wildman–Crippen LogP) is 5.73. The maximum atomic E-state index is 12.8. The first-order chi connectivity index (χ1) is 16.8. The first kappa shape index (κ1) is 23.3. The third-order valence-electron chi connectivity index (χ3n) is 6.00. The third-order valence-corrected chi connectivity index (χ3v) is 6.26. The normalized spacial score (nSPS) is 14.1. The average molecular weight is 497 g/mol. The number of halogens is 4. The van der Waals surface area contributed by atoms with Gasteiger partial charge in [-0.15, -0.1) is 0 Å². The second-order valence-electron chi connectivity index (χ2n) is 8.43. The lowest BCUT2D eigenvalue weighted by molar-refractivity contribution is -0.137. The van der Waals surface area contributed by atoms with Crippen molar-refractivity contribution in [3.05, 3.63) is 105 Å². The molecule has 2 aromatic heterocycles. The predicted molar refractivity (Wildman–Crippen MR) is 128 cm³/mol. The van der Waals surface area contributed by atoms with Gasteiger partial charge in [0.1, 0.15) is 5.82 Å². The smallest absolute Gasteiger partial charge is 0.306 e. The van der Waals surface area contributed by atoms with E-state index >= 15 is 0 Å². The summed E-state index contributed by atoms with van der Waals surface area (Å²) in [6.07, 6.45) is -2.01. The summed E-state index contributed by atoms with van der Waals surface area (Å²) in [7, 11) is 0. The maximum Gasteiger partial charge on any atom is 0.416 e. The van der Waals surface area contributed by atoms with Gasteiger partial charge in [0.05, 0.1) is 22.5 Å². The van der Waals surface area contributed by atoms with Gasteiger partial charge in [-0.3, -0.25) is 14.7 Å². The van der Waals surface area contributed by atoms with Gasteiger partial charge in [-0.05, 0) is 35.9 Å². The van der Waals surface area contributed by atoms with Gasteiger partial charge >= 0.3 is 6.18 Å². The number of aromatic nitrogens is 3. The molecule has 0 saturated carbocycles. The van der Waals surface area contributed by atoms with Crippen LogP contribution in [0.5, 0.6) is 0 Å². The van der Waals surface area contributed by atoms with Crippen molar-refractivity contribution in [2.75, 3.05) is 6.54 Å². The standard InChI is InChI=1S/C26H20ClF3N4O/c27-20-8-4-17(5-9-20)22-10-1-16(13-31-22)14-34-12-11-23-21(15-34)25(35)33-24(32-23)18-2-6-19(7-3-18)26(28,29)30/h1-10,13H,11-12,14-15H2,(H,32,33,35). The number of hydrogen-bond acceptors (Lipinski definition) is 4. The Hall–Kier alpha value is -3.49. The van der Waals surface area contributed by atoms with Crippen molar-refractivity contribution in [2.24, 2.45) is 0 Å². The van der Waals surface area contributed by atoms with Crippen LogP contribution < -0.4 is 5.56 Å². The topological polar surface area (TPSA) is 61.9 Å². The van der Waals surface area contributed by atoms with Crippen molar-refractivity contribution in [1.82, 2.24) is 19.9 Å². The molecule has 1 N–H and O–H groups in total. The molecule has 3 heterocycles. The van der Waals surface area contributed by atoms with E-state index in [1.807, 2.05) is 42.6 Å². The van der Waals surface area contributed by atoms with Crippen molar-refractivity contribution >= 4 is 11.6 Å². The first-order valence-electron chi connectivity index (χ1n) is 11.0. The molecule has 1 aliphatic heterocycles. The molecule has 5 nitrogen and oxygen atoms in total. The van der Waals surface area contributed by atoms with Crippen LogP contribution in [0.25, 0.3) is 22.6 Å². The molecule has 35 heavy (non-hydrogen) atoms. The van der Waals surface area contributed by atoms with Crippen molar-refractivity contribution in [3.63, 3.8) is 0 Å².